The topological polar surface area (TPSA) is 71.0 Å². The molecule has 1 fully saturated rings. The second-order valence-electron chi connectivity index (χ2n) is 6.79. The van der Waals surface area contributed by atoms with E-state index in [-0.39, 0.29) is 18.2 Å². The van der Waals surface area contributed by atoms with Crippen molar-refractivity contribution in [2.24, 2.45) is 4.99 Å². The van der Waals surface area contributed by atoms with Gasteiger partial charge in [0.2, 0.25) is 11.8 Å². The zero-order valence-electron chi connectivity index (χ0n) is 16.6. The number of methoxy groups -OCH3 is 1. The van der Waals surface area contributed by atoms with Crippen LogP contribution in [0.3, 0.4) is 0 Å². The molecule has 2 aromatic rings. The van der Waals surface area contributed by atoms with Gasteiger partial charge in [0.1, 0.15) is 5.25 Å². The molecule has 7 heteroatoms. The molecule has 152 valence electrons. The van der Waals surface area contributed by atoms with Gasteiger partial charge in [-0.2, -0.15) is 0 Å². The molecule has 0 spiro atoms. The monoisotopic (exact) mass is 411 g/mol. The zero-order chi connectivity index (χ0) is 20.6. The van der Waals surface area contributed by atoms with Gasteiger partial charge in [-0.3, -0.25) is 14.5 Å². The summed E-state index contributed by atoms with van der Waals surface area (Å²) in [5.41, 5.74) is 2.63. The van der Waals surface area contributed by atoms with Gasteiger partial charge < -0.3 is 10.1 Å². The Morgan fingerprint density at radius 1 is 1.17 bits per heavy atom. The molecule has 1 saturated heterocycles. The van der Waals surface area contributed by atoms with E-state index in [0.717, 1.165) is 16.9 Å². The highest BCUT2D eigenvalue weighted by Crippen LogP contribution is 2.32. The Hall–Kier alpha value is -2.64. The Labute approximate surface area is 175 Å². The van der Waals surface area contributed by atoms with Crippen LogP contribution in [0, 0.1) is 6.92 Å². The molecule has 1 aliphatic rings. The Balaban J connectivity index is 1.70. The summed E-state index contributed by atoms with van der Waals surface area (Å²) in [6.07, 6.45) is 0.810. The third kappa shape index (κ3) is 5.92. The number of amidine groups is 1. The van der Waals surface area contributed by atoms with Crippen LogP contribution in [0.1, 0.15) is 18.4 Å². The second-order valence-corrected chi connectivity index (χ2v) is 7.96. The van der Waals surface area contributed by atoms with Crippen LogP contribution >= 0.6 is 11.8 Å². The molecule has 0 aromatic heterocycles. The molecule has 3 rings (SSSR count). The van der Waals surface area contributed by atoms with Crippen molar-refractivity contribution in [1.29, 1.82) is 0 Å². The van der Waals surface area contributed by atoms with Gasteiger partial charge in [-0.05, 0) is 37.6 Å². The molecule has 0 saturated carbocycles. The van der Waals surface area contributed by atoms with E-state index in [1.165, 1.54) is 11.8 Å². The normalized spacial score (nSPS) is 17.7. The van der Waals surface area contributed by atoms with Crippen LogP contribution in [-0.4, -0.2) is 47.4 Å². The van der Waals surface area contributed by atoms with Gasteiger partial charge in [-0.1, -0.05) is 47.7 Å². The van der Waals surface area contributed by atoms with Crippen LogP contribution in [0.25, 0.3) is 0 Å². The van der Waals surface area contributed by atoms with Crippen molar-refractivity contribution in [2.75, 3.05) is 25.6 Å². The summed E-state index contributed by atoms with van der Waals surface area (Å²) in [7, 11) is 1.64. The van der Waals surface area contributed by atoms with Crippen molar-refractivity contribution in [2.45, 2.75) is 25.0 Å². The van der Waals surface area contributed by atoms with Gasteiger partial charge in [0.05, 0.1) is 5.69 Å². The molecule has 29 heavy (non-hydrogen) atoms. The van der Waals surface area contributed by atoms with Gasteiger partial charge in [0, 0.05) is 32.4 Å². The summed E-state index contributed by atoms with van der Waals surface area (Å²) < 4.78 is 5.11. The van der Waals surface area contributed by atoms with Gasteiger partial charge >= 0.3 is 0 Å². The van der Waals surface area contributed by atoms with E-state index >= 15 is 0 Å². The Kier molecular flexibility index (Phi) is 7.43. The molecular weight excluding hydrogens is 386 g/mol. The number of nitrogens with zero attached hydrogens (tertiary/aromatic N) is 2. The Bertz CT molecular complexity index is 869. The molecule has 0 radical (unpaired) electrons. The quantitative estimate of drug-likeness (QED) is 0.667. The third-order valence-electron chi connectivity index (χ3n) is 4.44. The fraction of sp³-hybridized carbons (Fsp3) is 0.318. The SMILES string of the molecule is COCCCN1C(=O)[C@@H](CC(=O)Nc2ccc(C)cc2)SC1=Nc1ccccc1. The van der Waals surface area contributed by atoms with Gasteiger partial charge in [-0.15, -0.1) is 0 Å². The summed E-state index contributed by atoms with van der Waals surface area (Å²) in [4.78, 5) is 31.7. The highest BCUT2D eigenvalue weighted by atomic mass is 32.2. The number of thioether (sulfide) groups is 1. The standard InChI is InChI=1S/C22H25N3O3S/c1-16-9-11-18(12-10-16)23-20(26)15-19-21(27)25(13-6-14-28-2)22(29-19)24-17-7-4-3-5-8-17/h3-5,7-12,19H,6,13-15H2,1-2H3,(H,23,26)/t19-/m1/s1. The van der Waals surface area contributed by atoms with Gasteiger partial charge in [0.15, 0.2) is 5.17 Å². The van der Waals surface area contributed by atoms with E-state index in [4.69, 9.17) is 4.74 Å². The Morgan fingerprint density at radius 2 is 1.90 bits per heavy atom. The first-order valence-electron chi connectivity index (χ1n) is 9.54. The van der Waals surface area contributed by atoms with Crippen LogP contribution in [-0.2, 0) is 14.3 Å². The number of ether oxygens (including phenoxy) is 1. The fourth-order valence-electron chi connectivity index (χ4n) is 2.93. The van der Waals surface area contributed by atoms with Crippen molar-refractivity contribution in [3.05, 3.63) is 60.2 Å². The summed E-state index contributed by atoms with van der Waals surface area (Å²) in [6.45, 7) is 3.07. The first kappa shape index (κ1) is 21.1. The number of hydrogen-bond acceptors (Lipinski definition) is 5. The van der Waals surface area contributed by atoms with E-state index in [0.29, 0.717) is 24.7 Å². The highest BCUT2D eigenvalue weighted by Gasteiger charge is 2.38. The van der Waals surface area contributed by atoms with Crippen molar-refractivity contribution < 1.29 is 14.3 Å². The molecule has 1 aliphatic heterocycles. The number of rotatable bonds is 8. The third-order valence-corrected chi connectivity index (χ3v) is 5.61. The lowest BCUT2D eigenvalue weighted by atomic mass is 10.2. The number of nitrogens with one attached hydrogen (secondary N) is 1. The van der Waals surface area contributed by atoms with Crippen molar-refractivity contribution in [1.82, 2.24) is 4.90 Å². The molecule has 6 nitrogen and oxygen atoms in total. The molecule has 0 unspecified atom stereocenters. The molecule has 1 heterocycles. The largest absolute Gasteiger partial charge is 0.385 e. The molecule has 0 bridgehead atoms. The van der Waals surface area contributed by atoms with Crippen molar-refractivity contribution >= 4 is 40.1 Å². The first-order chi connectivity index (χ1) is 14.1. The number of benzene rings is 2. The second kappa shape index (κ2) is 10.2. The number of carbonyl (C=O) groups excluding carboxylic acids is 2. The zero-order valence-corrected chi connectivity index (χ0v) is 17.4. The molecule has 0 aliphatic carbocycles. The number of carbonyl (C=O) groups is 2. The minimum Gasteiger partial charge on any atom is -0.385 e. The highest BCUT2D eigenvalue weighted by molar-refractivity contribution is 8.15. The first-order valence-corrected chi connectivity index (χ1v) is 10.4. The Morgan fingerprint density at radius 3 is 2.59 bits per heavy atom. The minimum atomic E-state index is -0.481. The lowest BCUT2D eigenvalue weighted by molar-refractivity contribution is -0.128. The maximum absolute atomic E-state index is 12.9. The number of para-hydroxylation sites is 1. The number of anilines is 1. The van der Waals surface area contributed by atoms with Gasteiger partial charge in [-0.25, -0.2) is 4.99 Å². The lowest BCUT2D eigenvalue weighted by Gasteiger charge is -2.16. The molecular formula is C22H25N3O3S. The van der Waals surface area contributed by atoms with Crippen LogP contribution in [0.2, 0.25) is 0 Å². The average Bonchev–Trinajstić information content (AvgIpc) is 2.99. The predicted molar refractivity (Wildman–Crippen MR) is 118 cm³/mol. The van der Waals surface area contributed by atoms with Crippen LogP contribution in [0.5, 0.6) is 0 Å². The number of hydrogen-bond donors (Lipinski definition) is 1. The minimum absolute atomic E-state index is 0.0835. The summed E-state index contributed by atoms with van der Waals surface area (Å²) >= 11 is 1.35. The van der Waals surface area contributed by atoms with E-state index in [1.54, 1.807) is 12.0 Å². The molecule has 1 N–H and O–H groups in total. The maximum atomic E-state index is 12.9. The van der Waals surface area contributed by atoms with Crippen LogP contribution in [0.15, 0.2) is 59.6 Å². The average molecular weight is 412 g/mol. The fourth-order valence-corrected chi connectivity index (χ4v) is 4.11. The van der Waals surface area contributed by atoms with E-state index in [2.05, 4.69) is 10.3 Å². The number of amides is 2. The number of aryl methyl sites for hydroxylation is 1. The summed E-state index contributed by atoms with van der Waals surface area (Å²) in [6, 6.07) is 17.1. The molecule has 2 amide bonds. The summed E-state index contributed by atoms with van der Waals surface area (Å²) in [5, 5.41) is 3.01. The van der Waals surface area contributed by atoms with Gasteiger partial charge in [0.25, 0.3) is 0 Å². The van der Waals surface area contributed by atoms with Crippen LogP contribution in [0.4, 0.5) is 11.4 Å². The van der Waals surface area contributed by atoms with E-state index in [9.17, 15) is 9.59 Å². The van der Waals surface area contributed by atoms with Crippen molar-refractivity contribution in [3.63, 3.8) is 0 Å². The molecule has 2 aromatic carbocycles. The van der Waals surface area contributed by atoms with Crippen LogP contribution < -0.4 is 5.32 Å². The van der Waals surface area contributed by atoms with E-state index in [1.807, 2.05) is 61.5 Å². The smallest absolute Gasteiger partial charge is 0.242 e. The van der Waals surface area contributed by atoms with Crippen molar-refractivity contribution in [3.8, 4) is 0 Å². The maximum Gasteiger partial charge on any atom is 0.242 e. The van der Waals surface area contributed by atoms with E-state index < -0.39 is 5.25 Å². The lowest BCUT2D eigenvalue weighted by Crippen LogP contribution is -2.34. The number of aliphatic imine (C=N–C) groups is 1. The summed E-state index contributed by atoms with van der Waals surface area (Å²) in [5.74, 6) is -0.266. The predicted octanol–water partition coefficient (Wildman–Crippen LogP) is 3.99. The molecule has 1 atom stereocenters.